The van der Waals surface area contributed by atoms with Crippen molar-refractivity contribution in [1.29, 1.82) is 5.26 Å². The van der Waals surface area contributed by atoms with E-state index in [2.05, 4.69) is 15.6 Å². The van der Waals surface area contributed by atoms with Crippen LogP contribution >= 0.6 is 0 Å². The normalized spacial score (nSPS) is 17.5. The van der Waals surface area contributed by atoms with E-state index >= 15 is 0 Å². The second-order valence-electron chi connectivity index (χ2n) is 5.54. The molecule has 1 aromatic carbocycles. The molecule has 1 amide bonds. The molecule has 0 aliphatic carbocycles. The highest BCUT2D eigenvalue weighted by atomic mass is 16.5. The van der Waals surface area contributed by atoms with E-state index in [1.165, 1.54) is 6.20 Å². The van der Waals surface area contributed by atoms with Crippen LogP contribution in [0.4, 0.5) is 5.69 Å². The number of amides is 1. The summed E-state index contributed by atoms with van der Waals surface area (Å²) in [6.45, 7) is 1.16. The van der Waals surface area contributed by atoms with Gasteiger partial charge in [0.2, 0.25) is 0 Å². The monoisotopic (exact) mass is 322 g/mol. The maximum atomic E-state index is 12.1. The minimum absolute atomic E-state index is 0.0148. The zero-order chi connectivity index (χ0) is 16.8. The Kier molecular flexibility index (Phi) is 5.04. The molecule has 0 bridgehead atoms. The van der Waals surface area contributed by atoms with Crippen molar-refractivity contribution in [3.63, 3.8) is 0 Å². The van der Waals surface area contributed by atoms with E-state index in [1.54, 1.807) is 6.20 Å². The zero-order valence-electron chi connectivity index (χ0n) is 13.2. The third-order valence-corrected chi connectivity index (χ3v) is 3.88. The predicted octanol–water partition coefficient (Wildman–Crippen LogP) is 2.35. The molecule has 1 saturated heterocycles. The second kappa shape index (κ2) is 7.57. The van der Waals surface area contributed by atoms with E-state index < -0.39 is 5.91 Å². The highest BCUT2D eigenvalue weighted by molar-refractivity contribution is 5.98. The van der Waals surface area contributed by atoms with Crippen molar-refractivity contribution in [1.82, 2.24) is 10.3 Å². The molecule has 6 heteroatoms. The Morgan fingerprint density at radius 1 is 1.42 bits per heavy atom. The minimum atomic E-state index is -0.409. The number of carbonyl (C=O) groups excluding carboxylic acids is 1. The summed E-state index contributed by atoms with van der Waals surface area (Å²) in [4.78, 5) is 16.4. The van der Waals surface area contributed by atoms with Gasteiger partial charge in [0.15, 0.2) is 0 Å². The van der Waals surface area contributed by atoms with E-state index in [-0.39, 0.29) is 11.7 Å². The summed E-state index contributed by atoms with van der Waals surface area (Å²) in [6.07, 6.45) is 5.11. The van der Waals surface area contributed by atoms with Gasteiger partial charge in [-0.3, -0.25) is 9.78 Å². The molecule has 0 saturated carbocycles. The lowest BCUT2D eigenvalue weighted by atomic mass is 10.2. The number of hydrogen-bond donors (Lipinski definition) is 2. The van der Waals surface area contributed by atoms with Crippen molar-refractivity contribution in [3.05, 3.63) is 48.3 Å². The largest absolute Gasteiger partial charge is 0.376 e. The van der Waals surface area contributed by atoms with Crippen LogP contribution in [0.2, 0.25) is 0 Å². The molecule has 0 spiro atoms. The minimum Gasteiger partial charge on any atom is -0.376 e. The summed E-state index contributed by atoms with van der Waals surface area (Å²) < 4.78 is 5.45. The third kappa shape index (κ3) is 3.70. The number of benzene rings is 1. The Morgan fingerprint density at radius 2 is 2.29 bits per heavy atom. The number of fused-ring (bicyclic) bond motifs is 1. The molecule has 2 heterocycles. The quantitative estimate of drug-likeness (QED) is 0.652. The molecule has 3 rings (SSSR count). The number of anilines is 1. The van der Waals surface area contributed by atoms with E-state index in [0.717, 1.165) is 36.0 Å². The molecule has 0 radical (unpaired) electrons. The molecule has 6 nitrogen and oxygen atoms in total. The van der Waals surface area contributed by atoms with Crippen molar-refractivity contribution in [3.8, 4) is 6.07 Å². The number of nitrogens with zero attached hydrogens (tertiary/aromatic N) is 2. The lowest BCUT2D eigenvalue weighted by Gasteiger charge is -2.10. The van der Waals surface area contributed by atoms with Gasteiger partial charge < -0.3 is 15.4 Å². The molecular weight excluding hydrogens is 304 g/mol. The van der Waals surface area contributed by atoms with Crippen molar-refractivity contribution in [2.24, 2.45) is 0 Å². The fourth-order valence-corrected chi connectivity index (χ4v) is 2.63. The SMILES string of the molecule is N#C/C(=C/Nc1cccc2cccnc12)C(=O)NCC1CCCO1. The lowest BCUT2D eigenvalue weighted by Crippen LogP contribution is -2.32. The molecule has 2 N–H and O–H groups in total. The number of rotatable bonds is 5. The third-order valence-electron chi connectivity index (χ3n) is 3.88. The molecule has 1 aromatic heterocycles. The molecule has 1 atom stereocenters. The molecule has 1 unspecified atom stereocenters. The molecule has 122 valence electrons. The first-order valence-electron chi connectivity index (χ1n) is 7.88. The van der Waals surface area contributed by atoms with Gasteiger partial charge in [-0.15, -0.1) is 0 Å². The Hall–Kier alpha value is -2.91. The van der Waals surface area contributed by atoms with Gasteiger partial charge in [0.05, 0.1) is 17.3 Å². The highest BCUT2D eigenvalue weighted by Gasteiger charge is 2.17. The number of carbonyl (C=O) groups is 1. The van der Waals surface area contributed by atoms with E-state index in [4.69, 9.17) is 4.74 Å². The fourth-order valence-electron chi connectivity index (χ4n) is 2.63. The van der Waals surface area contributed by atoms with Crippen LogP contribution in [0.5, 0.6) is 0 Å². The lowest BCUT2D eigenvalue weighted by molar-refractivity contribution is -0.117. The fraction of sp³-hybridized carbons (Fsp3) is 0.278. The van der Waals surface area contributed by atoms with Gasteiger partial charge >= 0.3 is 0 Å². The van der Waals surface area contributed by atoms with Gasteiger partial charge in [-0.05, 0) is 25.0 Å². The molecule has 1 aliphatic rings. The first-order valence-corrected chi connectivity index (χ1v) is 7.88. The van der Waals surface area contributed by atoms with E-state index in [0.29, 0.717) is 6.54 Å². The van der Waals surface area contributed by atoms with Crippen molar-refractivity contribution in [2.75, 3.05) is 18.5 Å². The predicted molar refractivity (Wildman–Crippen MR) is 91.0 cm³/mol. The smallest absolute Gasteiger partial charge is 0.263 e. The van der Waals surface area contributed by atoms with Gasteiger partial charge in [-0.1, -0.05) is 18.2 Å². The summed E-state index contributed by atoms with van der Waals surface area (Å²) in [5, 5.41) is 15.9. The Morgan fingerprint density at radius 3 is 3.08 bits per heavy atom. The number of ether oxygens (including phenoxy) is 1. The van der Waals surface area contributed by atoms with Gasteiger partial charge in [0, 0.05) is 30.9 Å². The maximum Gasteiger partial charge on any atom is 0.263 e. The molecule has 1 fully saturated rings. The van der Waals surface area contributed by atoms with Crippen LogP contribution in [-0.4, -0.2) is 30.1 Å². The van der Waals surface area contributed by atoms with Crippen LogP contribution < -0.4 is 10.6 Å². The zero-order valence-corrected chi connectivity index (χ0v) is 13.2. The van der Waals surface area contributed by atoms with Crippen LogP contribution in [0.3, 0.4) is 0 Å². The summed E-state index contributed by atoms with van der Waals surface area (Å²) in [7, 11) is 0. The average Bonchev–Trinajstić information content (AvgIpc) is 3.14. The van der Waals surface area contributed by atoms with Crippen LogP contribution in [-0.2, 0) is 9.53 Å². The average molecular weight is 322 g/mol. The number of aromatic nitrogens is 1. The number of para-hydroxylation sites is 1. The first-order chi connectivity index (χ1) is 11.8. The van der Waals surface area contributed by atoms with Crippen LogP contribution in [0, 0.1) is 11.3 Å². The van der Waals surface area contributed by atoms with Crippen molar-refractivity contribution >= 4 is 22.5 Å². The first kappa shape index (κ1) is 16.0. The highest BCUT2D eigenvalue weighted by Crippen LogP contribution is 2.20. The number of pyridine rings is 1. The Bertz CT molecular complexity index is 799. The van der Waals surface area contributed by atoms with E-state index in [9.17, 15) is 10.1 Å². The molecule has 2 aromatic rings. The Balaban J connectivity index is 1.68. The number of hydrogen-bond acceptors (Lipinski definition) is 5. The second-order valence-corrected chi connectivity index (χ2v) is 5.54. The van der Waals surface area contributed by atoms with Crippen LogP contribution in [0.1, 0.15) is 12.8 Å². The van der Waals surface area contributed by atoms with Crippen LogP contribution in [0.15, 0.2) is 48.3 Å². The van der Waals surface area contributed by atoms with Gasteiger partial charge in [0.25, 0.3) is 5.91 Å². The summed E-state index contributed by atoms with van der Waals surface area (Å²) in [6, 6.07) is 11.4. The number of nitriles is 1. The Labute approximate surface area is 140 Å². The molecular formula is C18H18N4O2. The van der Waals surface area contributed by atoms with Gasteiger partial charge in [-0.25, -0.2) is 0 Å². The molecule has 24 heavy (non-hydrogen) atoms. The summed E-state index contributed by atoms with van der Waals surface area (Å²) in [5.41, 5.74) is 1.54. The van der Waals surface area contributed by atoms with Gasteiger partial charge in [0.1, 0.15) is 11.6 Å². The summed E-state index contributed by atoms with van der Waals surface area (Å²) in [5.74, 6) is -0.409. The topological polar surface area (TPSA) is 87.0 Å². The van der Waals surface area contributed by atoms with Crippen LogP contribution in [0.25, 0.3) is 10.9 Å². The van der Waals surface area contributed by atoms with E-state index in [1.807, 2.05) is 36.4 Å². The maximum absolute atomic E-state index is 12.1. The summed E-state index contributed by atoms with van der Waals surface area (Å²) >= 11 is 0. The number of nitrogens with one attached hydrogen (secondary N) is 2. The van der Waals surface area contributed by atoms with Crippen molar-refractivity contribution < 1.29 is 9.53 Å². The van der Waals surface area contributed by atoms with Gasteiger partial charge in [-0.2, -0.15) is 5.26 Å². The standard InChI is InChI=1S/C18H18N4O2/c19-10-14(18(23)22-12-15-6-3-9-24-15)11-21-16-7-1-4-13-5-2-8-20-17(13)16/h1-2,4-5,7-8,11,15,21H,3,6,9,12H2,(H,22,23)/b14-11-. The van der Waals surface area contributed by atoms with Crippen molar-refractivity contribution in [2.45, 2.75) is 18.9 Å². The molecule has 1 aliphatic heterocycles.